The second-order valence-corrected chi connectivity index (χ2v) is 3.58. The molecule has 5 heteroatoms. The quantitative estimate of drug-likeness (QED) is 0.658. The van der Waals surface area contributed by atoms with Gasteiger partial charge < -0.3 is 5.73 Å². The molecule has 0 bridgehead atoms. The molecule has 0 atom stereocenters. The highest BCUT2D eigenvalue weighted by Gasteiger charge is 2.17. The first-order valence-electron chi connectivity index (χ1n) is 3.82. The van der Waals surface area contributed by atoms with E-state index < -0.39 is 6.43 Å². The molecule has 0 aliphatic rings. The monoisotopic (exact) mass is 263 g/mol. The second-order valence-electron chi connectivity index (χ2n) is 2.79. The zero-order valence-corrected chi connectivity index (χ0v) is 8.94. The first kappa shape index (κ1) is 11.1. The number of benzene rings is 1. The molecule has 0 aromatic heterocycles. The number of hydrogen-bond acceptors (Lipinski definition) is 2. The molecule has 0 heterocycles. The number of rotatable bonds is 2. The van der Waals surface area contributed by atoms with Crippen molar-refractivity contribution in [2.24, 2.45) is 0 Å². The minimum atomic E-state index is -2.60. The van der Waals surface area contributed by atoms with E-state index in [2.05, 4.69) is 15.9 Å². The van der Waals surface area contributed by atoms with Crippen LogP contribution in [0.25, 0.3) is 0 Å². The van der Waals surface area contributed by atoms with Gasteiger partial charge in [0.1, 0.15) is 0 Å². The summed E-state index contributed by atoms with van der Waals surface area (Å²) in [7, 11) is 0. The van der Waals surface area contributed by atoms with Gasteiger partial charge in [-0.05, 0) is 28.9 Å². The Morgan fingerprint density at radius 1 is 1.50 bits per heavy atom. The third-order valence-electron chi connectivity index (χ3n) is 1.82. The van der Waals surface area contributed by atoms with Crippen molar-refractivity contribution in [3.63, 3.8) is 0 Å². The summed E-state index contributed by atoms with van der Waals surface area (Å²) >= 11 is 2.94. The first-order chi connectivity index (χ1) is 6.45. The highest BCUT2D eigenvalue weighted by atomic mass is 79.9. The van der Waals surface area contributed by atoms with Crippen LogP contribution in [0.15, 0.2) is 16.6 Å². The summed E-state index contributed by atoms with van der Waals surface area (Å²) in [5, 5.41) is 0. The Morgan fingerprint density at radius 3 is 2.50 bits per heavy atom. The van der Waals surface area contributed by atoms with Crippen LogP contribution >= 0.6 is 15.9 Å². The van der Waals surface area contributed by atoms with Crippen molar-refractivity contribution in [2.45, 2.75) is 13.3 Å². The molecule has 0 radical (unpaired) electrons. The Labute approximate surface area is 88.2 Å². The van der Waals surface area contributed by atoms with E-state index in [1.165, 1.54) is 19.1 Å². The molecule has 0 saturated heterocycles. The number of anilines is 1. The molecule has 0 saturated carbocycles. The topological polar surface area (TPSA) is 43.1 Å². The zero-order chi connectivity index (χ0) is 10.9. The van der Waals surface area contributed by atoms with Crippen molar-refractivity contribution in [3.05, 3.63) is 27.7 Å². The number of nitrogens with two attached hydrogens (primary N) is 1. The molecule has 0 amide bonds. The number of carbonyl (C=O) groups is 1. The van der Waals surface area contributed by atoms with Gasteiger partial charge in [0.15, 0.2) is 5.78 Å². The van der Waals surface area contributed by atoms with Gasteiger partial charge in [0.2, 0.25) is 0 Å². The second kappa shape index (κ2) is 4.04. The van der Waals surface area contributed by atoms with E-state index in [1.54, 1.807) is 0 Å². The maximum absolute atomic E-state index is 12.4. The summed E-state index contributed by atoms with van der Waals surface area (Å²) in [5.41, 5.74) is 5.64. The maximum atomic E-state index is 12.4. The van der Waals surface area contributed by atoms with Gasteiger partial charge in [-0.2, -0.15) is 0 Å². The van der Waals surface area contributed by atoms with Crippen LogP contribution in [0.2, 0.25) is 0 Å². The number of nitrogen functional groups attached to an aromatic ring is 1. The van der Waals surface area contributed by atoms with Gasteiger partial charge >= 0.3 is 0 Å². The van der Waals surface area contributed by atoms with Crippen LogP contribution in [0, 0.1) is 0 Å². The van der Waals surface area contributed by atoms with Gasteiger partial charge in [-0.25, -0.2) is 8.78 Å². The Balaban J connectivity index is 3.33. The van der Waals surface area contributed by atoms with Crippen molar-refractivity contribution >= 4 is 27.4 Å². The molecule has 0 spiro atoms. The lowest BCUT2D eigenvalue weighted by Crippen LogP contribution is -2.02. The lowest BCUT2D eigenvalue weighted by molar-refractivity contribution is 0.101. The fourth-order valence-corrected chi connectivity index (χ4v) is 1.60. The minimum absolute atomic E-state index is 0.0651. The number of carbonyl (C=O) groups excluding carboxylic acids is 1. The van der Waals surface area contributed by atoms with Crippen LogP contribution in [-0.2, 0) is 0 Å². The Hall–Kier alpha value is -0.970. The molecular weight excluding hydrogens is 256 g/mol. The summed E-state index contributed by atoms with van der Waals surface area (Å²) in [4.78, 5) is 11.0. The standard InChI is InChI=1S/C9H8BrF2NO/c1-4(14)5-2-3-6(9(11)12)7(10)8(5)13/h2-3,9H,13H2,1H3. The molecule has 1 aromatic rings. The van der Waals surface area contributed by atoms with Crippen LogP contribution < -0.4 is 5.73 Å². The van der Waals surface area contributed by atoms with E-state index in [-0.39, 0.29) is 27.1 Å². The fourth-order valence-electron chi connectivity index (χ4n) is 1.09. The number of hydrogen-bond donors (Lipinski definition) is 1. The molecule has 0 unspecified atom stereocenters. The minimum Gasteiger partial charge on any atom is -0.397 e. The first-order valence-corrected chi connectivity index (χ1v) is 4.61. The van der Waals surface area contributed by atoms with Crippen LogP contribution in [0.5, 0.6) is 0 Å². The average molecular weight is 264 g/mol. The Bertz CT molecular complexity index is 379. The predicted octanol–water partition coefficient (Wildman–Crippen LogP) is 3.17. The largest absolute Gasteiger partial charge is 0.397 e. The van der Waals surface area contributed by atoms with E-state index in [4.69, 9.17) is 5.73 Å². The fraction of sp³-hybridized carbons (Fsp3) is 0.222. The van der Waals surface area contributed by atoms with Crippen molar-refractivity contribution in [2.75, 3.05) is 5.73 Å². The SMILES string of the molecule is CC(=O)c1ccc(C(F)F)c(Br)c1N. The van der Waals surface area contributed by atoms with E-state index in [9.17, 15) is 13.6 Å². The van der Waals surface area contributed by atoms with E-state index in [0.717, 1.165) is 0 Å². The molecule has 76 valence electrons. The number of Topliss-reactive ketones (excluding diaryl/α,β-unsaturated/α-hetero) is 1. The summed E-state index contributed by atoms with van der Waals surface area (Å²) in [6, 6.07) is 2.51. The number of ketones is 1. The van der Waals surface area contributed by atoms with Gasteiger partial charge in [-0.15, -0.1) is 0 Å². The van der Waals surface area contributed by atoms with Gasteiger partial charge in [0.25, 0.3) is 6.43 Å². The summed E-state index contributed by atoms with van der Waals surface area (Å²) in [6.45, 7) is 1.33. The molecule has 14 heavy (non-hydrogen) atoms. The van der Waals surface area contributed by atoms with Gasteiger partial charge in [-0.3, -0.25) is 4.79 Å². The van der Waals surface area contributed by atoms with E-state index in [1.807, 2.05) is 0 Å². The molecule has 1 rings (SSSR count). The Kier molecular flexibility index (Phi) is 3.21. The summed E-state index contributed by atoms with van der Waals surface area (Å²) < 4.78 is 24.8. The molecule has 1 aromatic carbocycles. The highest BCUT2D eigenvalue weighted by Crippen LogP contribution is 2.33. The lowest BCUT2D eigenvalue weighted by Gasteiger charge is -2.09. The zero-order valence-electron chi connectivity index (χ0n) is 7.35. The van der Waals surface area contributed by atoms with Gasteiger partial charge in [-0.1, -0.05) is 6.07 Å². The third-order valence-corrected chi connectivity index (χ3v) is 2.71. The van der Waals surface area contributed by atoms with Crippen LogP contribution in [0.4, 0.5) is 14.5 Å². The lowest BCUT2D eigenvalue weighted by atomic mass is 10.1. The predicted molar refractivity (Wildman–Crippen MR) is 53.5 cm³/mol. The highest BCUT2D eigenvalue weighted by molar-refractivity contribution is 9.10. The van der Waals surface area contributed by atoms with Crippen LogP contribution in [-0.4, -0.2) is 5.78 Å². The maximum Gasteiger partial charge on any atom is 0.265 e. The summed E-state index contributed by atoms with van der Waals surface area (Å²) in [5.74, 6) is -0.246. The van der Waals surface area contributed by atoms with E-state index >= 15 is 0 Å². The number of halogens is 3. The van der Waals surface area contributed by atoms with Gasteiger partial charge in [0.05, 0.1) is 10.2 Å². The summed E-state index contributed by atoms with van der Waals surface area (Å²) in [6.07, 6.45) is -2.60. The molecule has 2 nitrogen and oxygen atoms in total. The molecular formula is C9H8BrF2NO. The molecule has 2 N–H and O–H groups in total. The third kappa shape index (κ3) is 1.92. The van der Waals surface area contributed by atoms with Crippen molar-refractivity contribution in [1.29, 1.82) is 0 Å². The normalized spacial score (nSPS) is 10.6. The van der Waals surface area contributed by atoms with E-state index in [0.29, 0.717) is 0 Å². The molecule has 0 aliphatic carbocycles. The molecule has 0 fully saturated rings. The van der Waals surface area contributed by atoms with Crippen molar-refractivity contribution in [1.82, 2.24) is 0 Å². The number of alkyl halides is 2. The average Bonchev–Trinajstić information content (AvgIpc) is 2.08. The Morgan fingerprint density at radius 2 is 2.07 bits per heavy atom. The molecule has 0 aliphatic heterocycles. The smallest absolute Gasteiger partial charge is 0.265 e. The van der Waals surface area contributed by atoms with Crippen molar-refractivity contribution in [3.8, 4) is 0 Å². The van der Waals surface area contributed by atoms with Crippen LogP contribution in [0.1, 0.15) is 29.3 Å². The van der Waals surface area contributed by atoms with Crippen LogP contribution in [0.3, 0.4) is 0 Å². The van der Waals surface area contributed by atoms with Gasteiger partial charge in [0, 0.05) is 11.1 Å². The van der Waals surface area contributed by atoms with Crippen molar-refractivity contribution < 1.29 is 13.6 Å².